The first-order valence-electron chi connectivity index (χ1n) is 4.50. The van der Waals surface area contributed by atoms with Crippen LogP contribution in [-0.2, 0) is 0 Å². The average Bonchev–Trinajstić information content (AvgIpc) is 2.54. The number of aliphatic hydroxyl groups is 1. The normalized spacial score (nSPS) is 10.7. The van der Waals surface area contributed by atoms with Gasteiger partial charge in [0.1, 0.15) is 6.61 Å². The van der Waals surface area contributed by atoms with Crippen LogP contribution >= 0.6 is 0 Å². The van der Waals surface area contributed by atoms with Gasteiger partial charge in [-0.3, -0.25) is 0 Å². The predicted molar refractivity (Wildman–Crippen MR) is 52.5 cm³/mol. The monoisotopic (exact) mass is 192 g/mol. The summed E-state index contributed by atoms with van der Waals surface area (Å²) in [6.07, 6.45) is 1.87. The minimum atomic E-state index is 0.00725. The van der Waals surface area contributed by atoms with Crippen LogP contribution in [0.5, 0.6) is 5.88 Å². The van der Waals surface area contributed by atoms with Crippen molar-refractivity contribution in [2.24, 2.45) is 0 Å². The van der Waals surface area contributed by atoms with E-state index in [1.165, 1.54) is 0 Å². The highest BCUT2D eigenvalue weighted by molar-refractivity contribution is 5.57. The van der Waals surface area contributed by atoms with E-state index in [4.69, 9.17) is 9.84 Å². The van der Waals surface area contributed by atoms with Crippen molar-refractivity contribution in [3.05, 3.63) is 30.0 Å². The van der Waals surface area contributed by atoms with E-state index in [1.54, 1.807) is 4.52 Å². The van der Waals surface area contributed by atoms with E-state index in [0.29, 0.717) is 5.88 Å². The van der Waals surface area contributed by atoms with Gasteiger partial charge in [0.2, 0.25) is 5.88 Å². The summed E-state index contributed by atoms with van der Waals surface area (Å²) in [6.45, 7) is 2.24. The van der Waals surface area contributed by atoms with E-state index in [9.17, 15) is 0 Å². The average molecular weight is 192 g/mol. The molecule has 0 amide bonds. The molecule has 0 atom stereocenters. The number of aliphatic hydroxyl groups excluding tert-OH is 1. The molecule has 0 spiro atoms. The predicted octanol–water partition coefficient (Wildman–Crippen LogP) is 1.01. The summed E-state index contributed by atoms with van der Waals surface area (Å²) in [7, 11) is 0. The maximum absolute atomic E-state index is 8.63. The SMILES string of the molecule is Cc1c(OCCO)nn2ccccc12. The van der Waals surface area contributed by atoms with Crippen molar-refractivity contribution < 1.29 is 9.84 Å². The third kappa shape index (κ3) is 1.44. The maximum atomic E-state index is 8.63. The fraction of sp³-hybridized carbons (Fsp3) is 0.300. The topological polar surface area (TPSA) is 46.8 Å². The van der Waals surface area contributed by atoms with Crippen LogP contribution in [0, 0.1) is 6.92 Å². The molecule has 74 valence electrons. The number of nitrogens with zero attached hydrogens (tertiary/aromatic N) is 2. The second kappa shape index (κ2) is 3.67. The molecule has 0 aliphatic heterocycles. The highest BCUT2D eigenvalue weighted by Gasteiger charge is 2.07. The second-order valence-electron chi connectivity index (χ2n) is 3.03. The van der Waals surface area contributed by atoms with E-state index >= 15 is 0 Å². The molecule has 0 aliphatic rings. The van der Waals surface area contributed by atoms with E-state index in [-0.39, 0.29) is 13.2 Å². The van der Waals surface area contributed by atoms with E-state index < -0.39 is 0 Å². The summed E-state index contributed by atoms with van der Waals surface area (Å²) in [4.78, 5) is 0. The molecule has 2 rings (SSSR count). The minimum absolute atomic E-state index is 0.00725. The first-order chi connectivity index (χ1) is 6.83. The lowest BCUT2D eigenvalue weighted by atomic mass is 10.3. The zero-order chi connectivity index (χ0) is 9.97. The highest BCUT2D eigenvalue weighted by Crippen LogP contribution is 2.20. The van der Waals surface area contributed by atoms with Crippen LogP contribution in [0.2, 0.25) is 0 Å². The number of ether oxygens (including phenoxy) is 1. The van der Waals surface area contributed by atoms with E-state index in [2.05, 4.69) is 5.10 Å². The van der Waals surface area contributed by atoms with Crippen molar-refractivity contribution in [2.45, 2.75) is 6.92 Å². The summed E-state index contributed by atoms with van der Waals surface area (Å²) in [5, 5.41) is 12.9. The standard InChI is InChI=1S/C10H12N2O2/c1-8-9-4-2-3-5-12(9)11-10(8)14-7-6-13/h2-5,13H,6-7H2,1H3. The zero-order valence-electron chi connectivity index (χ0n) is 7.97. The van der Waals surface area contributed by atoms with Gasteiger partial charge in [-0.05, 0) is 19.1 Å². The van der Waals surface area contributed by atoms with Crippen molar-refractivity contribution in [3.63, 3.8) is 0 Å². The summed E-state index contributed by atoms with van der Waals surface area (Å²) >= 11 is 0. The smallest absolute Gasteiger partial charge is 0.236 e. The lowest BCUT2D eigenvalue weighted by molar-refractivity contribution is 0.195. The van der Waals surface area contributed by atoms with Crippen LogP contribution in [0.15, 0.2) is 24.4 Å². The number of aromatic nitrogens is 2. The molecule has 14 heavy (non-hydrogen) atoms. The molecule has 0 aliphatic carbocycles. The van der Waals surface area contributed by atoms with Gasteiger partial charge in [-0.2, -0.15) is 0 Å². The van der Waals surface area contributed by atoms with Crippen molar-refractivity contribution in [1.29, 1.82) is 0 Å². The van der Waals surface area contributed by atoms with Gasteiger partial charge in [-0.15, -0.1) is 5.10 Å². The van der Waals surface area contributed by atoms with Crippen LogP contribution in [0.4, 0.5) is 0 Å². The van der Waals surface area contributed by atoms with Gasteiger partial charge in [0.05, 0.1) is 12.1 Å². The lowest BCUT2D eigenvalue weighted by Gasteiger charge is -1.98. The van der Waals surface area contributed by atoms with Crippen molar-refractivity contribution >= 4 is 5.52 Å². The number of aryl methyl sites for hydroxylation is 1. The molecule has 0 fully saturated rings. The van der Waals surface area contributed by atoms with Gasteiger partial charge in [0.15, 0.2) is 0 Å². The highest BCUT2D eigenvalue weighted by atomic mass is 16.5. The molecule has 0 aromatic carbocycles. The molecular formula is C10H12N2O2. The maximum Gasteiger partial charge on any atom is 0.236 e. The van der Waals surface area contributed by atoms with Gasteiger partial charge < -0.3 is 9.84 Å². The molecule has 2 aromatic heterocycles. The molecule has 2 heterocycles. The van der Waals surface area contributed by atoms with Gasteiger partial charge in [-0.25, -0.2) is 4.52 Å². The fourth-order valence-electron chi connectivity index (χ4n) is 1.38. The third-order valence-electron chi connectivity index (χ3n) is 2.07. The molecule has 0 saturated carbocycles. The zero-order valence-corrected chi connectivity index (χ0v) is 7.97. The molecule has 0 bridgehead atoms. The summed E-state index contributed by atoms with van der Waals surface area (Å²) in [6, 6.07) is 5.85. The van der Waals surface area contributed by atoms with Gasteiger partial charge in [-0.1, -0.05) is 6.07 Å². The summed E-state index contributed by atoms with van der Waals surface area (Å²) < 4.78 is 7.05. The molecule has 0 radical (unpaired) electrons. The Labute approximate surface area is 81.7 Å². The second-order valence-corrected chi connectivity index (χ2v) is 3.03. The van der Waals surface area contributed by atoms with Crippen LogP contribution in [0.3, 0.4) is 0 Å². The van der Waals surface area contributed by atoms with Crippen molar-refractivity contribution in [2.75, 3.05) is 13.2 Å². The molecule has 4 nitrogen and oxygen atoms in total. The van der Waals surface area contributed by atoms with E-state index in [1.807, 2.05) is 31.3 Å². The Morgan fingerprint density at radius 1 is 1.50 bits per heavy atom. The van der Waals surface area contributed by atoms with Gasteiger partial charge in [0.25, 0.3) is 0 Å². The molecular weight excluding hydrogens is 180 g/mol. The Bertz CT molecular complexity index is 437. The van der Waals surface area contributed by atoms with Crippen molar-refractivity contribution in [1.82, 2.24) is 9.61 Å². The number of hydrogen-bond acceptors (Lipinski definition) is 3. The first-order valence-corrected chi connectivity index (χ1v) is 4.50. The first kappa shape index (κ1) is 9.02. The number of fused-ring (bicyclic) bond motifs is 1. The Morgan fingerprint density at radius 3 is 3.07 bits per heavy atom. The Balaban J connectivity index is 2.41. The minimum Gasteiger partial charge on any atom is -0.474 e. The Hall–Kier alpha value is -1.55. The lowest BCUT2D eigenvalue weighted by Crippen LogP contribution is -2.02. The van der Waals surface area contributed by atoms with E-state index in [0.717, 1.165) is 11.1 Å². The molecule has 2 aromatic rings. The third-order valence-corrected chi connectivity index (χ3v) is 2.07. The molecule has 1 N–H and O–H groups in total. The number of rotatable bonds is 3. The van der Waals surface area contributed by atoms with Crippen LogP contribution < -0.4 is 4.74 Å². The molecule has 4 heteroatoms. The largest absolute Gasteiger partial charge is 0.474 e. The Morgan fingerprint density at radius 2 is 2.36 bits per heavy atom. The number of hydrogen-bond donors (Lipinski definition) is 1. The Kier molecular flexibility index (Phi) is 2.37. The number of pyridine rings is 1. The quantitative estimate of drug-likeness (QED) is 0.789. The summed E-state index contributed by atoms with van der Waals surface area (Å²) in [5.41, 5.74) is 2.03. The van der Waals surface area contributed by atoms with Crippen molar-refractivity contribution in [3.8, 4) is 5.88 Å². The molecule has 0 unspecified atom stereocenters. The van der Waals surface area contributed by atoms with Crippen LogP contribution in [-0.4, -0.2) is 27.9 Å². The molecule has 0 saturated heterocycles. The van der Waals surface area contributed by atoms with Crippen LogP contribution in [0.25, 0.3) is 5.52 Å². The van der Waals surface area contributed by atoms with Gasteiger partial charge in [0, 0.05) is 11.8 Å². The van der Waals surface area contributed by atoms with Crippen LogP contribution in [0.1, 0.15) is 5.56 Å². The fourth-order valence-corrected chi connectivity index (χ4v) is 1.38. The summed E-state index contributed by atoms with van der Waals surface area (Å²) in [5.74, 6) is 0.588. The van der Waals surface area contributed by atoms with Gasteiger partial charge >= 0.3 is 0 Å².